The number of benzene rings is 3. The molecule has 0 N–H and O–H groups in total. The van der Waals surface area contributed by atoms with E-state index in [1.54, 1.807) is 12.0 Å². The number of hydrogen-bond acceptors (Lipinski definition) is 4. The Morgan fingerprint density at radius 1 is 1.03 bits per heavy atom. The molecule has 1 heterocycles. The van der Waals surface area contributed by atoms with Crippen LogP contribution in [0.25, 0.3) is 10.2 Å². The average Bonchev–Trinajstić information content (AvgIpc) is 3.15. The van der Waals surface area contributed by atoms with Crippen molar-refractivity contribution in [3.8, 4) is 5.75 Å². The van der Waals surface area contributed by atoms with Crippen LogP contribution in [-0.2, 0) is 6.54 Å². The average molecular weight is 403 g/mol. The Morgan fingerprint density at radius 3 is 2.55 bits per heavy atom. The number of ether oxygens (including phenoxy) is 1. The van der Waals surface area contributed by atoms with Crippen LogP contribution in [0, 0.1) is 13.8 Å². The van der Waals surface area contributed by atoms with Gasteiger partial charge in [0.2, 0.25) is 0 Å². The Balaban J connectivity index is 1.78. The topological polar surface area (TPSA) is 42.4 Å². The molecule has 3 aromatic carbocycles. The van der Waals surface area contributed by atoms with Crippen LogP contribution in [0.4, 0.5) is 5.13 Å². The number of fused-ring (bicyclic) bond motifs is 1. The molecule has 146 valence electrons. The third-order valence-electron chi connectivity index (χ3n) is 4.86. The van der Waals surface area contributed by atoms with Gasteiger partial charge >= 0.3 is 0 Å². The van der Waals surface area contributed by atoms with Gasteiger partial charge in [0.05, 0.1) is 23.9 Å². The highest BCUT2D eigenvalue weighted by Gasteiger charge is 2.23. The van der Waals surface area contributed by atoms with Crippen LogP contribution in [0.1, 0.15) is 27.0 Å². The van der Waals surface area contributed by atoms with Crippen molar-refractivity contribution in [3.05, 3.63) is 89.0 Å². The van der Waals surface area contributed by atoms with Gasteiger partial charge in [-0.25, -0.2) is 4.98 Å². The van der Waals surface area contributed by atoms with Crippen LogP contribution in [0.15, 0.2) is 66.7 Å². The zero-order valence-electron chi connectivity index (χ0n) is 16.7. The Kier molecular flexibility index (Phi) is 5.32. The first kappa shape index (κ1) is 19.2. The third kappa shape index (κ3) is 4.00. The summed E-state index contributed by atoms with van der Waals surface area (Å²) in [5.74, 6) is 0.736. The van der Waals surface area contributed by atoms with Crippen molar-refractivity contribution >= 4 is 32.6 Å². The van der Waals surface area contributed by atoms with E-state index >= 15 is 0 Å². The fourth-order valence-electron chi connectivity index (χ4n) is 3.33. The molecule has 1 aromatic heterocycles. The molecular formula is C24H22N2O2S. The number of amides is 1. The summed E-state index contributed by atoms with van der Waals surface area (Å²) in [6.45, 7) is 4.47. The molecule has 0 radical (unpaired) electrons. The van der Waals surface area contributed by atoms with E-state index in [9.17, 15) is 4.79 Å². The second-order valence-electron chi connectivity index (χ2n) is 7.03. The normalized spacial score (nSPS) is 10.9. The molecule has 0 atom stereocenters. The predicted octanol–water partition coefficient (Wildman–Crippen LogP) is 5.77. The van der Waals surface area contributed by atoms with Gasteiger partial charge in [0.1, 0.15) is 5.75 Å². The highest BCUT2D eigenvalue weighted by molar-refractivity contribution is 7.22. The fourth-order valence-corrected chi connectivity index (χ4v) is 4.32. The number of rotatable bonds is 5. The van der Waals surface area contributed by atoms with Gasteiger partial charge < -0.3 is 4.74 Å². The minimum Gasteiger partial charge on any atom is -0.497 e. The van der Waals surface area contributed by atoms with Crippen molar-refractivity contribution in [1.29, 1.82) is 0 Å². The summed E-state index contributed by atoms with van der Waals surface area (Å²) in [5.41, 5.74) is 4.72. The molecule has 0 saturated heterocycles. The maximum atomic E-state index is 13.5. The number of aromatic nitrogens is 1. The summed E-state index contributed by atoms with van der Waals surface area (Å²) in [7, 11) is 1.65. The summed E-state index contributed by atoms with van der Waals surface area (Å²) >= 11 is 1.50. The summed E-state index contributed by atoms with van der Waals surface area (Å²) in [5, 5.41) is 0.682. The van der Waals surface area contributed by atoms with E-state index in [-0.39, 0.29) is 5.91 Å². The number of nitrogens with zero attached hydrogens (tertiary/aromatic N) is 2. The van der Waals surface area contributed by atoms with Crippen LogP contribution in [0.5, 0.6) is 5.75 Å². The number of anilines is 1. The van der Waals surface area contributed by atoms with Crippen molar-refractivity contribution in [2.75, 3.05) is 12.0 Å². The van der Waals surface area contributed by atoms with E-state index in [2.05, 4.69) is 0 Å². The minimum atomic E-state index is -0.0441. The van der Waals surface area contributed by atoms with Gasteiger partial charge in [-0.3, -0.25) is 9.69 Å². The van der Waals surface area contributed by atoms with Crippen LogP contribution >= 0.6 is 11.3 Å². The van der Waals surface area contributed by atoms with Crippen LogP contribution in [0.3, 0.4) is 0 Å². The number of methoxy groups -OCH3 is 1. The molecular weight excluding hydrogens is 380 g/mol. The van der Waals surface area contributed by atoms with Gasteiger partial charge in [0.15, 0.2) is 5.13 Å². The SMILES string of the molecule is COc1ccc2nc(N(Cc3ccccc3)C(=O)c3ccc(C)cc3C)sc2c1. The number of hydrogen-bond donors (Lipinski definition) is 0. The Morgan fingerprint density at radius 2 is 1.83 bits per heavy atom. The van der Waals surface area contributed by atoms with Gasteiger partial charge in [-0.1, -0.05) is 59.4 Å². The number of carbonyl (C=O) groups is 1. The van der Waals surface area contributed by atoms with Crippen molar-refractivity contribution in [3.63, 3.8) is 0 Å². The first-order chi connectivity index (χ1) is 14.0. The van der Waals surface area contributed by atoms with Crippen molar-refractivity contribution in [2.24, 2.45) is 0 Å². The van der Waals surface area contributed by atoms with Gasteiger partial charge in [-0.2, -0.15) is 0 Å². The maximum Gasteiger partial charge on any atom is 0.260 e. The lowest BCUT2D eigenvalue weighted by Gasteiger charge is -2.21. The van der Waals surface area contributed by atoms with Crippen molar-refractivity contribution < 1.29 is 9.53 Å². The van der Waals surface area contributed by atoms with E-state index in [4.69, 9.17) is 9.72 Å². The molecule has 0 bridgehead atoms. The van der Waals surface area contributed by atoms with E-state index in [0.717, 1.165) is 32.7 Å². The van der Waals surface area contributed by atoms with E-state index in [0.29, 0.717) is 17.2 Å². The standard InChI is InChI=1S/C24H22N2O2S/c1-16-9-11-20(17(2)13-16)23(27)26(15-18-7-5-4-6-8-18)24-25-21-12-10-19(28-3)14-22(21)29-24/h4-14H,15H2,1-3H3. The molecule has 0 aliphatic rings. The molecule has 4 nitrogen and oxygen atoms in total. The Labute approximate surface area is 174 Å². The lowest BCUT2D eigenvalue weighted by molar-refractivity contribution is 0.0984. The molecule has 0 aliphatic heterocycles. The largest absolute Gasteiger partial charge is 0.497 e. The second kappa shape index (κ2) is 8.05. The smallest absolute Gasteiger partial charge is 0.260 e. The van der Waals surface area contributed by atoms with Gasteiger partial charge in [-0.05, 0) is 49.2 Å². The fraction of sp³-hybridized carbons (Fsp3) is 0.167. The van der Waals surface area contributed by atoms with Crippen LogP contribution in [0.2, 0.25) is 0 Å². The molecule has 0 unspecified atom stereocenters. The Bertz CT molecular complexity index is 1170. The minimum absolute atomic E-state index is 0.0441. The van der Waals surface area contributed by atoms with Gasteiger partial charge in [0.25, 0.3) is 5.91 Å². The maximum absolute atomic E-state index is 13.5. The summed E-state index contributed by atoms with van der Waals surface area (Å²) in [6, 6.07) is 21.7. The molecule has 0 fully saturated rings. The van der Waals surface area contributed by atoms with Crippen molar-refractivity contribution in [1.82, 2.24) is 4.98 Å². The first-order valence-corrected chi connectivity index (χ1v) is 10.2. The summed E-state index contributed by atoms with van der Waals surface area (Å²) in [4.78, 5) is 20.1. The van der Waals surface area contributed by atoms with Crippen molar-refractivity contribution in [2.45, 2.75) is 20.4 Å². The molecule has 5 heteroatoms. The quantitative estimate of drug-likeness (QED) is 0.426. The van der Waals surface area contributed by atoms with E-state index in [1.165, 1.54) is 11.3 Å². The van der Waals surface area contributed by atoms with Gasteiger partial charge in [0, 0.05) is 5.56 Å². The highest BCUT2D eigenvalue weighted by Crippen LogP contribution is 2.33. The zero-order valence-corrected chi connectivity index (χ0v) is 17.5. The third-order valence-corrected chi connectivity index (χ3v) is 5.90. The lowest BCUT2D eigenvalue weighted by atomic mass is 10.0. The molecule has 4 rings (SSSR count). The number of aryl methyl sites for hydroxylation is 2. The molecule has 29 heavy (non-hydrogen) atoms. The zero-order chi connectivity index (χ0) is 20.4. The lowest BCUT2D eigenvalue weighted by Crippen LogP contribution is -2.30. The number of thiazole rings is 1. The number of carbonyl (C=O) groups excluding carboxylic acids is 1. The van der Waals surface area contributed by atoms with E-state index in [1.807, 2.05) is 80.6 Å². The molecule has 1 amide bonds. The predicted molar refractivity (Wildman–Crippen MR) is 119 cm³/mol. The van der Waals surface area contributed by atoms with E-state index < -0.39 is 0 Å². The van der Waals surface area contributed by atoms with Gasteiger partial charge in [-0.15, -0.1) is 0 Å². The highest BCUT2D eigenvalue weighted by atomic mass is 32.1. The summed E-state index contributed by atoms with van der Waals surface area (Å²) < 4.78 is 6.32. The monoisotopic (exact) mass is 402 g/mol. The molecule has 4 aromatic rings. The van der Waals surface area contributed by atoms with Crippen LogP contribution < -0.4 is 9.64 Å². The molecule has 0 saturated carbocycles. The van der Waals surface area contributed by atoms with Crippen LogP contribution in [-0.4, -0.2) is 18.0 Å². The Hall–Kier alpha value is -3.18. The first-order valence-electron chi connectivity index (χ1n) is 9.43. The molecule has 0 aliphatic carbocycles. The second-order valence-corrected chi connectivity index (χ2v) is 8.03. The molecule has 0 spiro atoms. The summed E-state index contributed by atoms with van der Waals surface area (Å²) in [6.07, 6.45) is 0.